The standard InChI is InChI=1S/C35H31F2N5O4.C23H41N5O7/c36-35(37)17-29(18-38)42(22-35)32(43)20-41-34(45)31-13-14-40-19-27(31)10-5-23-7-11-30(12-8-23)46-21-28(33(39)44)16-24-6-9-25-3-1-2-4-26(25)15-24;29-20(24-14-19-4-2-1-3-5-19)15-25-6-8-26(16-21(30)31)10-12-28(18-23(34)35)13-11-27(9-7-25)17-22(32)33/h1-15,19,28-29H,16-17,20-22H2,(H2,39,44)(H,41,45);19H,1-18H2,(H,24,29)(H,30,31)(H,32,33)(H,34,35)/b10-5+;. The summed E-state index contributed by atoms with van der Waals surface area (Å²) < 4.78 is 33.3. The number of carbonyl (C=O) groups is 7. The Hall–Kier alpha value is -7.91. The van der Waals surface area contributed by atoms with Crippen LogP contribution in [0.1, 0.15) is 65.6 Å². The number of nitrogens with one attached hydrogen (secondary N) is 2. The Kier molecular flexibility index (Phi) is 24.0. The first-order valence-corrected chi connectivity index (χ1v) is 27.1. The van der Waals surface area contributed by atoms with Crippen LogP contribution in [0.4, 0.5) is 8.78 Å². The molecule has 0 radical (unpaired) electrons. The largest absolute Gasteiger partial charge is 0.493 e. The molecular weight excluding hydrogens is 1050 g/mol. The number of likely N-dealkylation sites (tertiary alicyclic amines) is 1. The first-order valence-electron chi connectivity index (χ1n) is 27.1. The molecule has 4 aromatic rings. The van der Waals surface area contributed by atoms with E-state index in [1.165, 1.54) is 37.7 Å². The van der Waals surface area contributed by atoms with Gasteiger partial charge in [-0.1, -0.05) is 86.0 Å². The number of alkyl halides is 2. The third kappa shape index (κ3) is 21.3. The second-order valence-electron chi connectivity index (χ2n) is 20.7. The van der Waals surface area contributed by atoms with Gasteiger partial charge in [-0.25, -0.2) is 8.78 Å². The molecule has 2 atom stereocenters. The van der Waals surface area contributed by atoms with Crippen molar-refractivity contribution in [2.24, 2.45) is 17.6 Å². The van der Waals surface area contributed by atoms with Crippen LogP contribution in [0.3, 0.4) is 0 Å². The van der Waals surface area contributed by atoms with E-state index in [2.05, 4.69) is 15.6 Å². The highest BCUT2D eigenvalue weighted by Crippen LogP contribution is 2.32. The minimum Gasteiger partial charge on any atom is -0.493 e. The zero-order valence-corrected chi connectivity index (χ0v) is 45.3. The van der Waals surface area contributed by atoms with E-state index in [1.54, 1.807) is 57.2 Å². The average Bonchev–Trinajstić information content (AvgIpc) is 3.81. The number of nitriles is 1. The van der Waals surface area contributed by atoms with Crippen LogP contribution in [-0.4, -0.2) is 203 Å². The number of fused-ring (bicyclic) bond motifs is 1. The van der Waals surface area contributed by atoms with Crippen LogP contribution in [0.2, 0.25) is 0 Å². The van der Waals surface area contributed by atoms with E-state index >= 15 is 0 Å². The van der Waals surface area contributed by atoms with Crippen LogP contribution in [0.25, 0.3) is 22.9 Å². The minimum absolute atomic E-state index is 0.0788. The molecule has 1 aliphatic carbocycles. The van der Waals surface area contributed by atoms with Crippen LogP contribution < -0.4 is 21.1 Å². The maximum Gasteiger partial charge on any atom is 0.317 e. The highest BCUT2D eigenvalue weighted by molar-refractivity contribution is 6.00. The van der Waals surface area contributed by atoms with Crippen molar-refractivity contribution in [1.82, 2.24) is 40.1 Å². The van der Waals surface area contributed by atoms with Crippen LogP contribution in [0.15, 0.2) is 85.2 Å². The monoisotopic (exact) mass is 1120 g/mol. The zero-order chi connectivity index (χ0) is 58.3. The summed E-state index contributed by atoms with van der Waals surface area (Å²) in [6.07, 6.45) is 12.0. The van der Waals surface area contributed by atoms with Crippen LogP contribution >= 0.6 is 0 Å². The molecule has 3 aromatic carbocycles. The molecule has 3 aliphatic rings. The van der Waals surface area contributed by atoms with Gasteiger partial charge in [-0.3, -0.25) is 58.1 Å². The summed E-state index contributed by atoms with van der Waals surface area (Å²) in [7, 11) is 0. The van der Waals surface area contributed by atoms with Gasteiger partial charge in [0.2, 0.25) is 17.7 Å². The number of ether oxygens (including phenoxy) is 1. The Labute approximate surface area is 469 Å². The number of rotatable bonds is 21. The minimum atomic E-state index is -3.14. The van der Waals surface area contributed by atoms with Gasteiger partial charge in [-0.05, 0) is 65.3 Å². The molecule has 2 unspecified atom stereocenters. The highest BCUT2D eigenvalue weighted by Gasteiger charge is 2.47. The fraction of sp³-hybridized carbons (Fsp3) is 0.466. The van der Waals surface area contributed by atoms with Crippen molar-refractivity contribution in [1.29, 1.82) is 5.26 Å². The number of amides is 4. The lowest BCUT2D eigenvalue weighted by molar-refractivity contribution is -0.140. The third-order valence-corrected chi connectivity index (χ3v) is 14.4. The molecule has 434 valence electrons. The van der Waals surface area contributed by atoms with E-state index in [4.69, 9.17) is 15.7 Å². The summed E-state index contributed by atoms with van der Waals surface area (Å²) in [6.45, 7) is 2.15. The van der Waals surface area contributed by atoms with E-state index in [9.17, 15) is 57.7 Å². The molecule has 21 nitrogen and oxygen atoms in total. The number of halogens is 2. The second-order valence-corrected chi connectivity index (χ2v) is 20.7. The summed E-state index contributed by atoms with van der Waals surface area (Å²) in [5, 5.41) is 44.6. The predicted molar refractivity (Wildman–Crippen MR) is 297 cm³/mol. The molecule has 3 fully saturated rings. The number of carbonyl (C=O) groups excluding carboxylic acids is 4. The van der Waals surface area contributed by atoms with Gasteiger partial charge in [0.15, 0.2) is 0 Å². The van der Waals surface area contributed by atoms with Crippen molar-refractivity contribution in [2.75, 3.05) is 105 Å². The predicted octanol–water partition coefficient (Wildman–Crippen LogP) is 3.78. The molecule has 2 aliphatic heterocycles. The Balaban J connectivity index is 0.000000272. The van der Waals surface area contributed by atoms with Gasteiger partial charge in [0.05, 0.1) is 51.3 Å². The summed E-state index contributed by atoms with van der Waals surface area (Å²) in [5.74, 6) is -7.38. The van der Waals surface area contributed by atoms with Crippen molar-refractivity contribution in [3.8, 4) is 11.8 Å². The lowest BCUT2D eigenvalue weighted by atomic mass is 9.89. The molecule has 1 aromatic heterocycles. The number of carboxylic acids is 3. The maximum absolute atomic E-state index is 13.7. The Morgan fingerprint density at radius 2 is 1.33 bits per heavy atom. The lowest BCUT2D eigenvalue weighted by Crippen LogP contribution is -2.50. The maximum atomic E-state index is 13.7. The summed E-state index contributed by atoms with van der Waals surface area (Å²) in [5.41, 5.74) is 8.15. The summed E-state index contributed by atoms with van der Waals surface area (Å²) in [6, 6.07) is 23.1. The average molecular weight is 1120 g/mol. The Morgan fingerprint density at radius 3 is 1.90 bits per heavy atom. The molecule has 2 saturated heterocycles. The molecule has 3 heterocycles. The number of pyridine rings is 1. The number of aromatic nitrogens is 1. The number of benzene rings is 3. The van der Waals surface area contributed by atoms with Crippen molar-refractivity contribution < 1.29 is 62.4 Å². The molecule has 0 spiro atoms. The molecule has 81 heavy (non-hydrogen) atoms. The number of hydrogen-bond donors (Lipinski definition) is 6. The van der Waals surface area contributed by atoms with E-state index in [-0.39, 0.29) is 44.3 Å². The van der Waals surface area contributed by atoms with Crippen LogP contribution in [0.5, 0.6) is 5.75 Å². The SMILES string of the molecule is N#CC1CC(F)(F)CN1C(=O)CNC(=O)c1ccncc1/C=C/c1ccc(OCC(Cc2ccc3ccccc3c2)C(N)=O)cc1.O=C(O)CN1CCN(CC(=O)O)CCN(CC(=O)NCC2CCCCC2)CCN(CC(=O)O)CC1. The van der Waals surface area contributed by atoms with Crippen molar-refractivity contribution in [2.45, 2.75) is 56.9 Å². The van der Waals surface area contributed by atoms with Gasteiger partial charge in [0.1, 0.15) is 18.4 Å². The van der Waals surface area contributed by atoms with Gasteiger partial charge < -0.3 is 41.3 Å². The third-order valence-electron chi connectivity index (χ3n) is 14.4. The van der Waals surface area contributed by atoms with Crippen LogP contribution in [-0.2, 0) is 35.2 Å². The normalized spacial score (nSPS) is 18.3. The Morgan fingerprint density at radius 1 is 0.753 bits per heavy atom. The number of nitrogens with zero attached hydrogens (tertiary/aromatic N) is 7. The number of carboxylic acid groups (broad SMARTS) is 3. The van der Waals surface area contributed by atoms with E-state index in [0.29, 0.717) is 82.6 Å². The summed E-state index contributed by atoms with van der Waals surface area (Å²) >= 11 is 0. The molecule has 1 saturated carbocycles. The summed E-state index contributed by atoms with van der Waals surface area (Å²) in [4.78, 5) is 96.1. The van der Waals surface area contributed by atoms with E-state index < -0.39 is 73.0 Å². The van der Waals surface area contributed by atoms with Crippen molar-refractivity contribution in [3.63, 3.8) is 0 Å². The van der Waals surface area contributed by atoms with Gasteiger partial charge in [0.25, 0.3) is 11.8 Å². The van der Waals surface area contributed by atoms with Gasteiger partial charge in [-0.15, -0.1) is 0 Å². The molecule has 0 bridgehead atoms. The Bertz CT molecular complexity index is 2830. The smallest absolute Gasteiger partial charge is 0.317 e. The molecule has 4 amide bonds. The van der Waals surface area contributed by atoms with Gasteiger partial charge in [0, 0.05) is 88.8 Å². The first kappa shape index (κ1) is 62.3. The van der Waals surface area contributed by atoms with E-state index in [0.717, 1.165) is 39.6 Å². The molecule has 7 N–H and O–H groups in total. The molecule has 23 heteroatoms. The quantitative estimate of drug-likeness (QED) is 0.0692. The molecular formula is C58H72F2N10O11. The van der Waals surface area contributed by atoms with Crippen molar-refractivity contribution >= 4 is 64.5 Å². The lowest BCUT2D eigenvalue weighted by Gasteiger charge is -2.33. The highest BCUT2D eigenvalue weighted by atomic mass is 19.3. The van der Waals surface area contributed by atoms with Gasteiger partial charge >= 0.3 is 17.9 Å². The second kappa shape index (κ2) is 31.2. The number of nitrogens with two attached hydrogens (primary N) is 1. The fourth-order valence-electron chi connectivity index (χ4n) is 9.94. The first-order chi connectivity index (χ1) is 38.8. The zero-order valence-electron chi connectivity index (χ0n) is 45.3. The van der Waals surface area contributed by atoms with Gasteiger partial charge in [-0.2, -0.15) is 5.26 Å². The topological polar surface area (TPSA) is 292 Å². The number of primary amides is 1. The fourth-order valence-corrected chi connectivity index (χ4v) is 9.94. The number of aliphatic carboxylic acids is 3. The van der Waals surface area contributed by atoms with Crippen molar-refractivity contribution in [3.05, 3.63) is 107 Å². The van der Waals surface area contributed by atoms with E-state index in [1.807, 2.05) is 47.4 Å². The number of hydrogen-bond acceptors (Lipinski definition) is 14. The van der Waals surface area contributed by atoms with Crippen LogP contribution in [0, 0.1) is 23.2 Å². The molecule has 7 rings (SSSR count).